The first-order valence-electron chi connectivity index (χ1n) is 6.63. The van der Waals surface area contributed by atoms with Crippen molar-refractivity contribution in [2.24, 2.45) is 0 Å². The number of hydrogen-bond donors (Lipinski definition) is 1. The minimum atomic E-state index is 0.0175. The Kier molecular flexibility index (Phi) is 4.03. The Balaban J connectivity index is 2.83. The summed E-state index contributed by atoms with van der Waals surface area (Å²) in [4.78, 5) is 16.9. The van der Waals surface area contributed by atoms with E-state index in [1.165, 1.54) is 0 Å². The van der Waals surface area contributed by atoms with Gasteiger partial charge in [0.1, 0.15) is 5.82 Å². The number of nitrogens with one attached hydrogen (secondary N) is 1. The molecule has 1 N–H and O–H groups in total. The highest BCUT2D eigenvalue weighted by Gasteiger charge is 2.10. The van der Waals surface area contributed by atoms with Gasteiger partial charge in [-0.05, 0) is 25.5 Å². The predicted octanol–water partition coefficient (Wildman–Crippen LogP) is 3.05. The average molecular weight is 269 g/mol. The smallest absolute Gasteiger partial charge is 0.258 e. The molecule has 2 heterocycles. The van der Waals surface area contributed by atoms with Crippen LogP contribution in [0.4, 0.5) is 5.82 Å². The second-order valence-corrected chi connectivity index (χ2v) is 4.57. The summed E-state index contributed by atoms with van der Waals surface area (Å²) in [6.07, 6.45) is 5.33. The van der Waals surface area contributed by atoms with Gasteiger partial charge in [-0.15, -0.1) is 0 Å². The van der Waals surface area contributed by atoms with Crippen LogP contribution in [-0.4, -0.2) is 16.6 Å². The molecule has 4 nitrogen and oxygen atoms in total. The molecule has 20 heavy (non-hydrogen) atoms. The summed E-state index contributed by atoms with van der Waals surface area (Å²) in [5, 5.41) is 3.95. The standard InChI is InChI=1S/C16H19N3O/c1-5-7-11(3)13-8-12-10-18-15(17-4)9-14(12)19(6-2)16(13)20/h5,7-10H,1,6H2,2-4H3,(H,17,18). The van der Waals surface area contributed by atoms with Gasteiger partial charge in [0, 0.05) is 36.8 Å². The summed E-state index contributed by atoms with van der Waals surface area (Å²) in [6, 6.07) is 3.79. The third-order valence-electron chi connectivity index (χ3n) is 3.34. The SMILES string of the molecule is C=CC=C(C)c1cc2cnc(NC)cc2n(CC)c1=O. The zero-order valence-electron chi connectivity index (χ0n) is 12.1. The van der Waals surface area contributed by atoms with Crippen molar-refractivity contribution in [3.8, 4) is 0 Å². The first-order chi connectivity index (χ1) is 9.62. The molecule has 0 aromatic carbocycles. The molecule has 0 spiro atoms. The van der Waals surface area contributed by atoms with Gasteiger partial charge in [0.2, 0.25) is 0 Å². The zero-order chi connectivity index (χ0) is 14.7. The molecular formula is C16H19N3O. The van der Waals surface area contributed by atoms with Crippen LogP contribution in [0.2, 0.25) is 0 Å². The van der Waals surface area contributed by atoms with Crippen molar-refractivity contribution in [1.29, 1.82) is 0 Å². The molecule has 0 saturated heterocycles. The lowest BCUT2D eigenvalue weighted by atomic mass is 10.1. The minimum Gasteiger partial charge on any atom is -0.373 e. The van der Waals surface area contributed by atoms with E-state index in [1.54, 1.807) is 16.8 Å². The first kappa shape index (κ1) is 14.1. The molecule has 0 radical (unpaired) electrons. The van der Waals surface area contributed by atoms with Crippen LogP contribution < -0.4 is 10.9 Å². The second-order valence-electron chi connectivity index (χ2n) is 4.57. The summed E-state index contributed by atoms with van der Waals surface area (Å²) in [6.45, 7) is 8.19. The van der Waals surface area contributed by atoms with E-state index in [1.807, 2.05) is 39.1 Å². The summed E-state index contributed by atoms with van der Waals surface area (Å²) >= 11 is 0. The zero-order valence-corrected chi connectivity index (χ0v) is 12.1. The van der Waals surface area contributed by atoms with Crippen molar-refractivity contribution in [2.75, 3.05) is 12.4 Å². The van der Waals surface area contributed by atoms with Gasteiger partial charge in [-0.25, -0.2) is 4.98 Å². The number of aryl methyl sites for hydroxylation is 1. The Morgan fingerprint density at radius 2 is 2.25 bits per heavy atom. The largest absolute Gasteiger partial charge is 0.373 e. The number of pyridine rings is 2. The van der Waals surface area contributed by atoms with E-state index in [-0.39, 0.29) is 5.56 Å². The maximum Gasteiger partial charge on any atom is 0.258 e. The van der Waals surface area contributed by atoms with Crippen LogP contribution in [0.1, 0.15) is 19.4 Å². The third kappa shape index (κ3) is 2.37. The van der Waals surface area contributed by atoms with Crippen LogP contribution in [0.5, 0.6) is 0 Å². The monoisotopic (exact) mass is 269 g/mol. The average Bonchev–Trinajstić information content (AvgIpc) is 2.46. The van der Waals surface area contributed by atoms with Gasteiger partial charge in [-0.1, -0.05) is 18.7 Å². The molecule has 0 saturated carbocycles. The molecule has 0 aliphatic heterocycles. The van der Waals surface area contributed by atoms with Gasteiger partial charge in [-0.2, -0.15) is 0 Å². The number of nitrogens with zero attached hydrogens (tertiary/aromatic N) is 2. The van der Waals surface area contributed by atoms with E-state index in [9.17, 15) is 4.79 Å². The van der Waals surface area contributed by atoms with E-state index in [2.05, 4.69) is 16.9 Å². The Hall–Kier alpha value is -2.36. The van der Waals surface area contributed by atoms with E-state index < -0.39 is 0 Å². The molecule has 2 aromatic heterocycles. The lowest BCUT2D eigenvalue weighted by molar-refractivity contribution is 0.757. The van der Waals surface area contributed by atoms with Crippen LogP contribution in [0.25, 0.3) is 16.5 Å². The topological polar surface area (TPSA) is 46.9 Å². The van der Waals surface area contributed by atoms with Gasteiger partial charge in [0.25, 0.3) is 5.56 Å². The Morgan fingerprint density at radius 1 is 1.50 bits per heavy atom. The fourth-order valence-corrected chi connectivity index (χ4v) is 2.27. The molecule has 2 aromatic rings. The first-order valence-corrected chi connectivity index (χ1v) is 6.63. The van der Waals surface area contributed by atoms with E-state index in [4.69, 9.17) is 0 Å². The minimum absolute atomic E-state index is 0.0175. The number of fused-ring (bicyclic) bond motifs is 1. The van der Waals surface area contributed by atoms with Crippen LogP contribution in [0.15, 0.2) is 41.9 Å². The molecule has 4 heteroatoms. The van der Waals surface area contributed by atoms with Crippen molar-refractivity contribution in [1.82, 2.24) is 9.55 Å². The quantitative estimate of drug-likeness (QED) is 0.868. The number of allylic oxidation sites excluding steroid dienone is 3. The van der Waals surface area contributed by atoms with Gasteiger partial charge in [0.15, 0.2) is 0 Å². The van der Waals surface area contributed by atoms with Gasteiger partial charge < -0.3 is 9.88 Å². The molecule has 0 amide bonds. The molecule has 0 aliphatic carbocycles. The third-order valence-corrected chi connectivity index (χ3v) is 3.34. The normalized spacial score (nSPS) is 11.7. The highest BCUT2D eigenvalue weighted by atomic mass is 16.1. The lowest BCUT2D eigenvalue weighted by Gasteiger charge is -2.12. The highest BCUT2D eigenvalue weighted by Crippen LogP contribution is 2.19. The molecule has 0 aliphatic rings. The Labute approximate surface area is 118 Å². The lowest BCUT2D eigenvalue weighted by Crippen LogP contribution is -2.23. The fraction of sp³-hybridized carbons (Fsp3) is 0.250. The highest BCUT2D eigenvalue weighted by molar-refractivity contribution is 5.84. The second kappa shape index (κ2) is 5.74. The maximum atomic E-state index is 12.6. The number of hydrogen-bond acceptors (Lipinski definition) is 3. The Bertz CT molecular complexity index is 741. The summed E-state index contributed by atoms with van der Waals surface area (Å²) in [5.41, 5.74) is 2.51. The Morgan fingerprint density at radius 3 is 2.85 bits per heavy atom. The van der Waals surface area contributed by atoms with Gasteiger partial charge in [-0.3, -0.25) is 4.79 Å². The number of anilines is 1. The van der Waals surface area contributed by atoms with Crippen LogP contribution in [0, 0.1) is 0 Å². The van der Waals surface area contributed by atoms with Crippen LogP contribution >= 0.6 is 0 Å². The number of aromatic nitrogens is 2. The summed E-state index contributed by atoms with van der Waals surface area (Å²) in [5.74, 6) is 0.755. The molecule has 0 atom stereocenters. The maximum absolute atomic E-state index is 12.6. The van der Waals surface area contributed by atoms with Crippen molar-refractivity contribution in [2.45, 2.75) is 20.4 Å². The molecule has 2 rings (SSSR count). The van der Waals surface area contributed by atoms with Gasteiger partial charge in [0.05, 0.1) is 5.52 Å². The molecule has 104 valence electrons. The predicted molar refractivity (Wildman–Crippen MR) is 85.1 cm³/mol. The summed E-state index contributed by atoms with van der Waals surface area (Å²) < 4.78 is 1.77. The van der Waals surface area contributed by atoms with Crippen molar-refractivity contribution < 1.29 is 0 Å². The van der Waals surface area contributed by atoms with E-state index >= 15 is 0 Å². The number of rotatable bonds is 4. The van der Waals surface area contributed by atoms with Crippen LogP contribution in [0.3, 0.4) is 0 Å². The van der Waals surface area contributed by atoms with Crippen molar-refractivity contribution in [3.05, 3.63) is 53.0 Å². The van der Waals surface area contributed by atoms with Crippen molar-refractivity contribution in [3.63, 3.8) is 0 Å². The van der Waals surface area contributed by atoms with E-state index in [0.717, 1.165) is 22.3 Å². The molecule has 0 unspecified atom stereocenters. The van der Waals surface area contributed by atoms with Crippen molar-refractivity contribution >= 4 is 22.3 Å². The molecular weight excluding hydrogens is 250 g/mol. The van der Waals surface area contributed by atoms with Gasteiger partial charge >= 0.3 is 0 Å². The fourth-order valence-electron chi connectivity index (χ4n) is 2.27. The molecule has 0 bridgehead atoms. The van der Waals surface area contributed by atoms with E-state index in [0.29, 0.717) is 12.1 Å². The molecule has 0 fully saturated rings. The van der Waals surface area contributed by atoms with Crippen LogP contribution in [-0.2, 0) is 6.54 Å². The summed E-state index contributed by atoms with van der Waals surface area (Å²) in [7, 11) is 1.81.